The fraction of sp³-hybridized carbons (Fsp3) is 0.667. The molecule has 0 saturated carbocycles. The fourth-order valence-electron chi connectivity index (χ4n) is 1.88. The summed E-state index contributed by atoms with van der Waals surface area (Å²) < 4.78 is 5.24. The van der Waals surface area contributed by atoms with Gasteiger partial charge in [0.15, 0.2) is 0 Å². The highest BCUT2D eigenvalue weighted by atomic mass is 35.5. The van der Waals surface area contributed by atoms with Crippen LogP contribution in [0.1, 0.15) is 27.2 Å². The van der Waals surface area contributed by atoms with Gasteiger partial charge in [0.05, 0.1) is 0 Å². The highest BCUT2D eigenvalue weighted by Crippen LogP contribution is 2.28. The van der Waals surface area contributed by atoms with E-state index in [9.17, 15) is 9.59 Å². The number of likely N-dealkylation sites (tertiary alicyclic amines) is 1. The Morgan fingerprint density at radius 2 is 2.06 bits per heavy atom. The van der Waals surface area contributed by atoms with Crippen LogP contribution in [0.2, 0.25) is 0 Å². The molecule has 4 nitrogen and oxygen atoms in total. The Kier molecular flexibility index (Phi) is 4.20. The lowest BCUT2D eigenvalue weighted by molar-refractivity contribution is -0.116. The van der Waals surface area contributed by atoms with Crippen molar-refractivity contribution in [2.24, 2.45) is 5.92 Å². The third-order valence-corrected chi connectivity index (χ3v) is 2.83. The molecule has 1 heterocycles. The van der Waals surface area contributed by atoms with Gasteiger partial charge in [-0.2, -0.15) is 0 Å². The molecule has 1 fully saturated rings. The minimum Gasteiger partial charge on any atom is -0.444 e. The van der Waals surface area contributed by atoms with Crippen LogP contribution in [0.3, 0.4) is 0 Å². The number of rotatable bonds is 2. The monoisotopic (exact) mass is 259 g/mol. The highest BCUT2D eigenvalue weighted by molar-refractivity contribution is 6.64. The van der Waals surface area contributed by atoms with Crippen LogP contribution >= 0.6 is 11.6 Å². The second-order valence-electron chi connectivity index (χ2n) is 5.11. The zero-order valence-electron chi connectivity index (χ0n) is 10.4. The standard InChI is InChI=1S/C12H18ClNO3/c1-5-8-6-7-14(9(8)10(13)15)11(16)17-12(2,3)4/h5,8-9H,1,6-7H2,2-4H3/t8-,9-/m0/s1. The van der Waals surface area contributed by atoms with Crippen LogP contribution in [0.4, 0.5) is 4.79 Å². The summed E-state index contributed by atoms with van der Waals surface area (Å²) in [6.45, 7) is 9.46. The van der Waals surface area contributed by atoms with E-state index in [1.54, 1.807) is 26.8 Å². The third-order valence-electron chi connectivity index (χ3n) is 2.61. The van der Waals surface area contributed by atoms with Gasteiger partial charge in [-0.1, -0.05) is 6.08 Å². The lowest BCUT2D eigenvalue weighted by Crippen LogP contribution is -2.44. The van der Waals surface area contributed by atoms with Crippen molar-refractivity contribution in [1.82, 2.24) is 4.90 Å². The van der Waals surface area contributed by atoms with E-state index in [1.807, 2.05) is 0 Å². The van der Waals surface area contributed by atoms with E-state index in [0.717, 1.165) is 0 Å². The van der Waals surface area contributed by atoms with E-state index >= 15 is 0 Å². The van der Waals surface area contributed by atoms with Crippen LogP contribution in [0.5, 0.6) is 0 Å². The van der Waals surface area contributed by atoms with Gasteiger partial charge in [-0.05, 0) is 38.8 Å². The molecular weight excluding hydrogens is 242 g/mol. The molecule has 96 valence electrons. The Hall–Kier alpha value is -1.03. The molecule has 0 aromatic carbocycles. The summed E-state index contributed by atoms with van der Waals surface area (Å²) in [5, 5.41) is -0.543. The van der Waals surface area contributed by atoms with E-state index in [-0.39, 0.29) is 5.92 Å². The summed E-state index contributed by atoms with van der Waals surface area (Å²) in [4.78, 5) is 24.6. The summed E-state index contributed by atoms with van der Waals surface area (Å²) in [5.41, 5.74) is -0.580. The second-order valence-corrected chi connectivity index (χ2v) is 5.48. The van der Waals surface area contributed by atoms with Crippen molar-refractivity contribution in [2.45, 2.75) is 38.8 Å². The predicted octanol–water partition coefficient (Wildman–Crippen LogP) is 2.56. The van der Waals surface area contributed by atoms with Gasteiger partial charge in [0.1, 0.15) is 11.6 Å². The van der Waals surface area contributed by atoms with Crippen LogP contribution < -0.4 is 0 Å². The van der Waals surface area contributed by atoms with Crippen LogP contribution in [-0.4, -0.2) is 34.4 Å². The number of halogens is 1. The molecule has 1 aliphatic heterocycles. The summed E-state index contributed by atoms with van der Waals surface area (Å²) in [6, 6.07) is -0.649. The minimum absolute atomic E-state index is 0.0903. The minimum atomic E-state index is -0.649. The van der Waals surface area contributed by atoms with Crippen molar-refractivity contribution in [2.75, 3.05) is 6.54 Å². The van der Waals surface area contributed by atoms with Crippen molar-refractivity contribution < 1.29 is 14.3 Å². The van der Waals surface area contributed by atoms with Crippen molar-refractivity contribution in [1.29, 1.82) is 0 Å². The molecule has 0 aromatic rings. The van der Waals surface area contributed by atoms with Crippen molar-refractivity contribution >= 4 is 22.9 Å². The predicted molar refractivity (Wildman–Crippen MR) is 65.9 cm³/mol. The molecule has 0 aliphatic carbocycles. The number of hydrogen-bond donors (Lipinski definition) is 0. The van der Waals surface area contributed by atoms with E-state index in [0.29, 0.717) is 13.0 Å². The van der Waals surface area contributed by atoms with Crippen LogP contribution in [0.25, 0.3) is 0 Å². The van der Waals surface area contributed by atoms with Gasteiger partial charge in [0, 0.05) is 12.5 Å². The normalized spacial score (nSPS) is 24.6. The van der Waals surface area contributed by atoms with Crippen molar-refractivity contribution in [3.05, 3.63) is 12.7 Å². The molecule has 0 unspecified atom stereocenters. The summed E-state index contributed by atoms with van der Waals surface area (Å²) in [7, 11) is 0. The first-order valence-corrected chi connectivity index (χ1v) is 5.95. The van der Waals surface area contributed by atoms with E-state index in [1.165, 1.54) is 4.90 Å². The van der Waals surface area contributed by atoms with Gasteiger partial charge in [-0.3, -0.25) is 9.69 Å². The summed E-state index contributed by atoms with van der Waals surface area (Å²) in [6.07, 6.45) is 1.85. The molecule has 17 heavy (non-hydrogen) atoms. The first-order valence-electron chi connectivity index (χ1n) is 5.58. The number of carbonyl (C=O) groups excluding carboxylic acids is 2. The maximum Gasteiger partial charge on any atom is 0.410 e. The van der Waals surface area contributed by atoms with E-state index < -0.39 is 23.0 Å². The van der Waals surface area contributed by atoms with Crippen LogP contribution in [0.15, 0.2) is 12.7 Å². The lowest BCUT2D eigenvalue weighted by atomic mass is 10.0. The van der Waals surface area contributed by atoms with Gasteiger partial charge in [-0.15, -0.1) is 6.58 Å². The molecule has 0 bridgehead atoms. The number of amides is 1. The van der Waals surface area contributed by atoms with Gasteiger partial charge in [-0.25, -0.2) is 4.79 Å². The summed E-state index contributed by atoms with van der Waals surface area (Å²) in [5.74, 6) is -0.0903. The Labute approximate surface area is 107 Å². The zero-order chi connectivity index (χ0) is 13.2. The Morgan fingerprint density at radius 3 is 2.47 bits per heavy atom. The Morgan fingerprint density at radius 1 is 1.47 bits per heavy atom. The number of carbonyl (C=O) groups is 2. The molecule has 0 N–H and O–H groups in total. The average Bonchev–Trinajstić information content (AvgIpc) is 2.57. The van der Waals surface area contributed by atoms with Gasteiger partial charge in [0.25, 0.3) is 0 Å². The van der Waals surface area contributed by atoms with Gasteiger partial charge >= 0.3 is 6.09 Å². The van der Waals surface area contributed by atoms with E-state index in [2.05, 4.69) is 6.58 Å². The number of ether oxygens (including phenoxy) is 1. The van der Waals surface area contributed by atoms with Crippen LogP contribution in [0, 0.1) is 5.92 Å². The zero-order valence-corrected chi connectivity index (χ0v) is 11.2. The third kappa shape index (κ3) is 3.46. The molecule has 2 atom stereocenters. The van der Waals surface area contributed by atoms with Crippen LogP contribution in [-0.2, 0) is 9.53 Å². The topological polar surface area (TPSA) is 46.6 Å². The second kappa shape index (κ2) is 5.08. The van der Waals surface area contributed by atoms with Gasteiger partial charge < -0.3 is 4.74 Å². The lowest BCUT2D eigenvalue weighted by Gasteiger charge is -2.28. The average molecular weight is 260 g/mol. The number of nitrogens with zero attached hydrogens (tertiary/aromatic N) is 1. The smallest absolute Gasteiger partial charge is 0.410 e. The number of hydrogen-bond acceptors (Lipinski definition) is 3. The highest BCUT2D eigenvalue weighted by Gasteiger charge is 2.41. The molecular formula is C12H18ClNO3. The Balaban J connectivity index is 2.80. The molecule has 1 aliphatic rings. The first-order chi connectivity index (χ1) is 7.76. The molecule has 1 rings (SSSR count). The maximum atomic E-state index is 11.9. The first kappa shape index (κ1) is 14.0. The van der Waals surface area contributed by atoms with Crippen molar-refractivity contribution in [3.8, 4) is 0 Å². The molecule has 1 saturated heterocycles. The summed E-state index contributed by atoms with van der Waals surface area (Å²) >= 11 is 5.53. The SMILES string of the molecule is C=C[C@H]1CCN(C(=O)OC(C)(C)C)[C@@H]1C(=O)Cl. The molecule has 0 aromatic heterocycles. The van der Waals surface area contributed by atoms with Gasteiger partial charge in [0.2, 0.25) is 5.24 Å². The Bertz CT molecular complexity index is 335. The largest absolute Gasteiger partial charge is 0.444 e. The molecule has 0 spiro atoms. The molecule has 5 heteroatoms. The fourth-order valence-corrected chi connectivity index (χ4v) is 2.16. The molecule has 0 radical (unpaired) electrons. The van der Waals surface area contributed by atoms with E-state index in [4.69, 9.17) is 16.3 Å². The molecule has 1 amide bonds. The quantitative estimate of drug-likeness (QED) is 0.566. The van der Waals surface area contributed by atoms with Crippen molar-refractivity contribution in [3.63, 3.8) is 0 Å². The maximum absolute atomic E-state index is 11.9.